The summed E-state index contributed by atoms with van der Waals surface area (Å²) in [5.41, 5.74) is 0.971. The Kier molecular flexibility index (Phi) is 3.39. The lowest BCUT2D eigenvalue weighted by atomic mass is 9.97. The molecule has 2 atom stereocenters. The van der Waals surface area contributed by atoms with Crippen molar-refractivity contribution in [3.05, 3.63) is 22.4 Å². The van der Waals surface area contributed by atoms with E-state index in [-0.39, 0.29) is 11.7 Å². The summed E-state index contributed by atoms with van der Waals surface area (Å²) in [4.78, 5) is 15.0. The molecule has 2 fully saturated rings. The second-order valence-corrected chi connectivity index (χ2v) is 6.64. The molecule has 1 aromatic heterocycles. The summed E-state index contributed by atoms with van der Waals surface area (Å²) >= 11 is 1.70. The van der Waals surface area contributed by atoms with E-state index in [0.717, 1.165) is 19.3 Å². The molecule has 2 heterocycles. The monoisotopic (exact) mass is 278 g/mol. The lowest BCUT2D eigenvalue weighted by Crippen LogP contribution is -2.45. The van der Waals surface area contributed by atoms with Gasteiger partial charge in [-0.1, -0.05) is 19.8 Å². The van der Waals surface area contributed by atoms with Crippen LogP contribution < -0.4 is 5.32 Å². The molecule has 3 rings (SSSR count). The molecule has 1 spiro atoms. The number of amides is 1. The van der Waals surface area contributed by atoms with Crippen molar-refractivity contribution in [2.24, 2.45) is 0 Å². The number of thiophene rings is 1. The van der Waals surface area contributed by atoms with Crippen LogP contribution in [-0.4, -0.2) is 22.4 Å². The summed E-state index contributed by atoms with van der Waals surface area (Å²) in [5, 5.41) is 7.92. The Labute approximate surface area is 119 Å². The highest BCUT2D eigenvalue weighted by molar-refractivity contribution is 7.07. The van der Waals surface area contributed by atoms with Crippen molar-refractivity contribution in [3.8, 4) is 0 Å². The van der Waals surface area contributed by atoms with Crippen molar-refractivity contribution in [2.45, 2.75) is 63.7 Å². The van der Waals surface area contributed by atoms with Gasteiger partial charge < -0.3 is 4.90 Å². The second kappa shape index (κ2) is 4.91. The molecule has 1 aliphatic heterocycles. The molecule has 1 aliphatic carbocycles. The second-order valence-electron chi connectivity index (χ2n) is 5.86. The molecule has 3 nitrogen and oxygen atoms in total. The first-order valence-corrected chi connectivity index (χ1v) is 8.25. The van der Waals surface area contributed by atoms with Crippen LogP contribution in [0.1, 0.15) is 57.7 Å². The van der Waals surface area contributed by atoms with E-state index in [0.29, 0.717) is 11.9 Å². The van der Waals surface area contributed by atoms with Gasteiger partial charge in [0.05, 0.1) is 5.54 Å². The van der Waals surface area contributed by atoms with E-state index in [4.69, 9.17) is 0 Å². The molecule has 104 valence electrons. The Morgan fingerprint density at radius 3 is 2.84 bits per heavy atom. The molecule has 1 N–H and O–H groups in total. The highest BCUT2D eigenvalue weighted by Crippen LogP contribution is 2.42. The highest BCUT2D eigenvalue weighted by Gasteiger charge is 2.53. The molecule has 0 aromatic carbocycles. The fraction of sp³-hybridized carbons (Fsp3) is 0.667. The smallest absolute Gasteiger partial charge is 0.244 e. The third-order valence-electron chi connectivity index (χ3n) is 4.72. The van der Waals surface area contributed by atoms with Gasteiger partial charge in [-0.25, -0.2) is 0 Å². The Bertz CT molecular complexity index is 451. The molecule has 2 unspecified atom stereocenters. The van der Waals surface area contributed by atoms with Crippen LogP contribution in [0.2, 0.25) is 0 Å². The number of hydrogen-bond acceptors (Lipinski definition) is 3. The molecule has 0 radical (unpaired) electrons. The van der Waals surface area contributed by atoms with E-state index < -0.39 is 0 Å². The summed E-state index contributed by atoms with van der Waals surface area (Å²) in [6.45, 7) is 4.31. The molecule has 0 bridgehead atoms. The quantitative estimate of drug-likeness (QED) is 0.920. The van der Waals surface area contributed by atoms with Gasteiger partial charge in [0.25, 0.3) is 0 Å². The van der Waals surface area contributed by atoms with Crippen molar-refractivity contribution in [1.29, 1.82) is 0 Å². The average Bonchev–Trinajstić information content (AvgIpc) is 3.13. The van der Waals surface area contributed by atoms with Crippen LogP contribution >= 0.6 is 11.3 Å². The van der Waals surface area contributed by atoms with Gasteiger partial charge in [0, 0.05) is 6.04 Å². The summed E-state index contributed by atoms with van der Waals surface area (Å²) in [6.07, 6.45) is 5.42. The number of hydrogen-bond donors (Lipinski definition) is 1. The van der Waals surface area contributed by atoms with Crippen molar-refractivity contribution in [3.63, 3.8) is 0 Å². The van der Waals surface area contributed by atoms with Crippen molar-refractivity contribution < 1.29 is 4.79 Å². The van der Waals surface area contributed by atoms with E-state index >= 15 is 0 Å². The molecule has 1 amide bonds. The Morgan fingerprint density at radius 2 is 2.26 bits per heavy atom. The van der Waals surface area contributed by atoms with Gasteiger partial charge in [-0.3, -0.25) is 10.1 Å². The van der Waals surface area contributed by atoms with E-state index in [1.807, 2.05) is 0 Å². The van der Waals surface area contributed by atoms with Gasteiger partial charge in [-0.2, -0.15) is 11.3 Å². The standard InChI is InChI=1S/C15H22N2OS/c1-3-11(2)17-13(12-6-9-19-10-12)16-15(14(17)18)7-4-5-8-15/h6,9-11,13,16H,3-5,7-8H2,1-2H3. The maximum atomic E-state index is 12.9. The summed E-state index contributed by atoms with van der Waals surface area (Å²) in [5.74, 6) is 0.329. The van der Waals surface area contributed by atoms with Crippen LogP contribution in [-0.2, 0) is 4.79 Å². The van der Waals surface area contributed by atoms with E-state index in [9.17, 15) is 4.79 Å². The molecule has 4 heteroatoms. The van der Waals surface area contributed by atoms with Gasteiger partial charge >= 0.3 is 0 Å². The molecule has 19 heavy (non-hydrogen) atoms. The zero-order valence-electron chi connectivity index (χ0n) is 11.7. The minimum Gasteiger partial charge on any atom is -0.319 e. The minimum absolute atomic E-state index is 0.0757. The minimum atomic E-state index is -0.268. The molecule has 1 aromatic rings. The molecule has 2 aliphatic rings. The first-order chi connectivity index (χ1) is 9.18. The zero-order valence-corrected chi connectivity index (χ0v) is 12.5. The van der Waals surface area contributed by atoms with Crippen LogP contribution in [0.25, 0.3) is 0 Å². The van der Waals surface area contributed by atoms with E-state index in [2.05, 4.69) is 40.9 Å². The first-order valence-electron chi connectivity index (χ1n) is 7.30. The van der Waals surface area contributed by atoms with Crippen molar-refractivity contribution in [1.82, 2.24) is 10.2 Å². The highest BCUT2D eigenvalue weighted by atomic mass is 32.1. The van der Waals surface area contributed by atoms with Crippen molar-refractivity contribution >= 4 is 17.2 Å². The first kappa shape index (κ1) is 13.1. The lowest BCUT2D eigenvalue weighted by Gasteiger charge is -2.29. The lowest BCUT2D eigenvalue weighted by molar-refractivity contribution is -0.135. The Hall–Kier alpha value is -0.870. The van der Waals surface area contributed by atoms with Crippen LogP contribution in [0, 0.1) is 0 Å². The van der Waals surface area contributed by atoms with Gasteiger partial charge in [0.15, 0.2) is 0 Å². The molecule has 1 saturated carbocycles. The summed E-state index contributed by atoms with van der Waals surface area (Å²) in [7, 11) is 0. The normalized spacial score (nSPS) is 27.4. The van der Waals surface area contributed by atoms with Crippen LogP contribution in [0.15, 0.2) is 16.8 Å². The van der Waals surface area contributed by atoms with Crippen LogP contribution in [0.4, 0.5) is 0 Å². The SMILES string of the molecule is CCC(C)N1C(=O)C2(CCCC2)NC1c1ccsc1. The topological polar surface area (TPSA) is 32.3 Å². The third kappa shape index (κ3) is 2.01. The third-order valence-corrected chi connectivity index (χ3v) is 5.42. The maximum absolute atomic E-state index is 12.9. The van der Waals surface area contributed by atoms with E-state index in [1.165, 1.54) is 18.4 Å². The van der Waals surface area contributed by atoms with Crippen molar-refractivity contribution in [2.75, 3.05) is 0 Å². The number of carbonyl (C=O) groups excluding carboxylic acids is 1. The number of nitrogens with zero attached hydrogens (tertiary/aromatic N) is 1. The van der Waals surface area contributed by atoms with Gasteiger partial charge in [-0.05, 0) is 48.6 Å². The maximum Gasteiger partial charge on any atom is 0.244 e. The van der Waals surface area contributed by atoms with Gasteiger partial charge in [-0.15, -0.1) is 0 Å². The van der Waals surface area contributed by atoms with E-state index in [1.54, 1.807) is 11.3 Å². The predicted molar refractivity (Wildman–Crippen MR) is 78.0 cm³/mol. The number of nitrogens with one attached hydrogen (secondary N) is 1. The zero-order chi connectivity index (χ0) is 13.5. The predicted octanol–water partition coefficient (Wildman–Crippen LogP) is 3.29. The molecular formula is C15H22N2OS. The number of rotatable bonds is 3. The average molecular weight is 278 g/mol. The van der Waals surface area contributed by atoms with Crippen LogP contribution in [0.5, 0.6) is 0 Å². The fourth-order valence-corrected chi connectivity index (χ4v) is 4.10. The largest absolute Gasteiger partial charge is 0.319 e. The van der Waals surface area contributed by atoms with Crippen LogP contribution in [0.3, 0.4) is 0 Å². The summed E-state index contributed by atoms with van der Waals surface area (Å²) in [6, 6.07) is 2.43. The van der Waals surface area contributed by atoms with Gasteiger partial charge in [0.2, 0.25) is 5.91 Å². The Balaban J connectivity index is 1.95. The number of carbonyl (C=O) groups is 1. The fourth-order valence-electron chi connectivity index (χ4n) is 3.42. The van der Waals surface area contributed by atoms with Gasteiger partial charge in [0.1, 0.15) is 6.17 Å². The Morgan fingerprint density at radius 1 is 1.53 bits per heavy atom. The summed E-state index contributed by atoms with van der Waals surface area (Å²) < 4.78 is 0. The molecular weight excluding hydrogens is 256 g/mol. The molecule has 1 saturated heterocycles.